The summed E-state index contributed by atoms with van der Waals surface area (Å²) in [5.74, 6) is 0.854. The van der Waals surface area contributed by atoms with E-state index in [2.05, 4.69) is 70.7 Å². The molecule has 0 spiro atoms. The zero-order valence-corrected chi connectivity index (χ0v) is 16.0. The number of nitrogens with zero attached hydrogens (tertiary/aromatic N) is 3. The Hall–Kier alpha value is -3.40. The Labute approximate surface area is 165 Å². The molecule has 4 heteroatoms. The molecule has 0 aliphatic rings. The molecule has 0 fully saturated rings. The lowest BCUT2D eigenvalue weighted by atomic mass is 10.0. The van der Waals surface area contributed by atoms with Gasteiger partial charge in [0.25, 0.3) is 0 Å². The first kappa shape index (κ1) is 18.0. The van der Waals surface area contributed by atoms with E-state index in [4.69, 9.17) is 0 Å². The second-order valence-corrected chi connectivity index (χ2v) is 6.83. The van der Waals surface area contributed by atoms with E-state index in [1.54, 1.807) is 0 Å². The van der Waals surface area contributed by atoms with Gasteiger partial charge in [0.2, 0.25) is 0 Å². The Kier molecular flexibility index (Phi) is 5.48. The number of aromatic nitrogens is 3. The molecule has 0 radical (unpaired) electrons. The standard InChI is InChI=1S/C24H24N4/c1-2-9-22(19-10-5-3-6-11-19)27-21-14-15-24(25-16-21)28-17-23(26-18-28)20-12-7-4-8-13-20/h3-8,10-18,22,27H,2,9H2,1H3. The second-order valence-electron chi connectivity index (χ2n) is 6.83. The Morgan fingerprint density at radius 2 is 1.64 bits per heavy atom. The van der Waals surface area contributed by atoms with Crippen molar-refractivity contribution in [2.24, 2.45) is 0 Å². The Bertz CT molecular complexity index is 992. The van der Waals surface area contributed by atoms with Crippen molar-refractivity contribution in [3.8, 4) is 17.1 Å². The summed E-state index contributed by atoms with van der Waals surface area (Å²) >= 11 is 0. The minimum absolute atomic E-state index is 0.289. The number of nitrogens with one attached hydrogen (secondary N) is 1. The average molecular weight is 368 g/mol. The van der Waals surface area contributed by atoms with Crippen LogP contribution in [0.15, 0.2) is 91.5 Å². The molecule has 1 unspecified atom stereocenters. The van der Waals surface area contributed by atoms with E-state index >= 15 is 0 Å². The molecule has 4 aromatic rings. The molecule has 28 heavy (non-hydrogen) atoms. The topological polar surface area (TPSA) is 42.7 Å². The van der Waals surface area contributed by atoms with Crippen molar-refractivity contribution in [3.05, 3.63) is 97.1 Å². The van der Waals surface area contributed by atoms with E-state index in [1.807, 2.05) is 47.6 Å². The van der Waals surface area contributed by atoms with Gasteiger partial charge in [0.05, 0.1) is 23.6 Å². The van der Waals surface area contributed by atoms with Crippen LogP contribution in [0.4, 0.5) is 5.69 Å². The molecule has 0 aliphatic heterocycles. The molecule has 0 amide bonds. The SMILES string of the molecule is CCCC(Nc1ccc(-n2cnc(-c3ccccc3)c2)nc1)c1ccccc1. The van der Waals surface area contributed by atoms with Crippen LogP contribution in [-0.4, -0.2) is 14.5 Å². The van der Waals surface area contributed by atoms with E-state index < -0.39 is 0 Å². The van der Waals surface area contributed by atoms with Crippen LogP contribution < -0.4 is 5.32 Å². The van der Waals surface area contributed by atoms with Crippen LogP contribution in [-0.2, 0) is 0 Å². The third-order valence-corrected chi connectivity index (χ3v) is 4.78. The van der Waals surface area contributed by atoms with Gasteiger partial charge in [-0.05, 0) is 24.1 Å². The number of hydrogen-bond donors (Lipinski definition) is 1. The van der Waals surface area contributed by atoms with Gasteiger partial charge in [0.1, 0.15) is 12.1 Å². The molecular weight excluding hydrogens is 344 g/mol. The highest BCUT2D eigenvalue weighted by atomic mass is 15.1. The van der Waals surface area contributed by atoms with Crippen molar-refractivity contribution in [2.45, 2.75) is 25.8 Å². The van der Waals surface area contributed by atoms with Gasteiger partial charge >= 0.3 is 0 Å². The van der Waals surface area contributed by atoms with Gasteiger partial charge in [0, 0.05) is 11.8 Å². The number of hydrogen-bond acceptors (Lipinski definition) is 3. The van der Waals surface area contributed by atoms with Crippen molar-refractivity contribution >= 4 is 5.69 Å². The minimum Gasteiger partial charge on any atom is -0.377 e. The molecular formula is C24H24N4. The first-order valence-electron chi connectivity index (χ1n) is 9.71. The van der Waals surface area contributed by atoms with Gasteiger partial charge in [-0.25, -0.2) is 9.97 Å². The van der Waals surface area contributed by atoms with Crippen molar-refractivity contribution in [2.75, 3.05) is 5.32 Å². The van der Waals surface area contributed by atoms with Crippen LogP contribution in [0.2, 0.25) is 0 Å². The quantitative estimate of drug-likeness (QED) is 0.442. The van der Waals surface area contributed by atoms with Gasteiger partial charge < -0.3 is 5.32 Å². The number of pyridine rings is 1. The fourth-order valence-electron chi connectivity index (χ4n) is 3.33. The van der Waals surface area contributed by atoms with E-state index in [0.29, 0.717) is 0 Å². The van der Waals surface area contributed by atoms with Crippen molar-refractivity contribution < 1.29 is 0 Å². The molecule has 4 nitrogen and oxygen atoms in total. The van der Waals surface area contributed by atoms with E-state index in [-0.39, 0.29) is 6.04 Å². The van der Waals surface area contributed by atoms with Crippen LogP contribution in [0.3, 0.4) is 0 Å². The molecule has 0 bridgehead atoms. The average Bonchev–Trinajstić information content (AvgIpc) is 3.26. The fourth-order valence-corrected chi connectivity index (χ4v) is 3.33. The second kappa shape index (κ2) is 8.53. The molecule has 1 atom stereocenters. The van der Waals surface area contributed by atoms with Crippen LogP contribution in [0, 0.1) is 0 Å². The zero-order chi connectivity index (χ0) is 19.2. The number of benzene rings is 2. The predicted octanol–water partition coefficient (Wildman–Crippen LogP) is 5.89. The first-order valence-corrected chi connectivity index (χ1v) is 9.71. The Morgan fingerprint density at radius 1 is 0.893 bits per heavy atom. The van der Waals surface area contributed by atoms with Crippen molar-refractivity contribution in [3.63, 3.8) is 0 Å². The van der Waals surface area contributed by atoms with E-state index in [1.165, 1.54) is 5.56 Å². The highest BCUT2D eigenvalue weighted by Crippen LogP contribution is 2.24. The largest absolute Gasteiger partial charge is 0.377 e. The molecule has 140 valence electrons. The lowest BCUT2D eigenvalue weighted by molar-refractivity contribution is 0.677. The van der Waals surface area contributed by atoms with Gasteiger partial charge in [-0.1, -0.05) is 74.0 Å². The molecule has 0 aliphatic carbocycles. The molecule has 2 heterocycles. The Balaban J connectivity index is 1.50. The highest BCUT2D eigenvalue weighted by Gasteiger charge is 2.10. The smallest absolute Gasteiger partial charge is 0.137 e. The molecule has 0 saturated heterocycles. The van der Waals surface area contributed by atoms with E-state index in [0.717, 1.165) is 35.6 Å². The summed E-state index contributed by atoms with van der Waals surface area (Å²) in [6, 6.07) is 25.1. The monoisotopic (exact) mass is 368 g/mol. The van der Waals surface area contributed by atoms with Gasteiger partial charge in [-0.2, -0.15) is 0 Å². The summed E-state index contributed by atoms with van der Waals surface area (Å²) in [6.45, 7) is 2.21. The van der Waals surface area contributed by atoms with E-state index in [9.17, 15) is 0 Å². The molecule has 4 rings (SSSR count). The molecule has 2 aromatic heterocycles. The van der Waals surface area contributed by atoms with Crippen LogP contribution in [0.5, 0.6) is 0 Å². The maximum absolute atomic E-state index is 4.62. The molecule has 1 N–H and O–H groups in total. The minimum atomic E-state index is 0.289. The zero-order valence-electron chi connectivity index (χ0n) is 16.0. The molecule has 0 saturated carbocycles. The molecule has 2 aromatic carbocycles. The van der Waals surface area contributed by atoms with Crippen molar-refractivity contribution in [1.82, 2.24) is 14.5 Å². The number of rotatable bonds is 7. The fraction of sp³-hybridized carbons (Fsp3) is 0.167. The third kappa shape index (κ3) is 4.12. The third-order valence-electron chi connectivity index (χ3n) is 4.78. The summed E-state index contributed by atoms with van der Waals surface area (Å²) in [7, 11) is 0. The lowest BCUT2D eigenvalue weighted by Gasteiger charge is -2.20. The van der Waals surface area contributed by atoms with Crippen LogP contribution >= 0.6 is 0 Å². The maximum Gasteiger partial charge on any atom is 0.137 e. The number of imidazole rings is 1. The van der Waals surface area contributed by atoms with Crippen molar-refractivity contribution in [1.29, 1.82) is 0 Å². The van der Waals surface area contributed by atoms with Gasteiger partial charge in [-0.3, -0.25) is 4.57 Å². The summed E-state index contributed by atoms with van der Waals surface area (Å²) in [6.07, 6.45) is 7.91. The summed E-state index contributed by atoms with van der Waals surface area (Å²) < 4.78 is 1.95. The maximum atomic E-state index is 4.62. The lowest BCUT2D eigenvalue weighted by Crippen LogP contribution is -2.10. The summed E-state index contributed by atoms with van der Waals surface area (Å²) in [5, 5.41) is 3.62. The Morgan fingerprint density at radius 3 is 2.32 bits per heavy atom. The first-order chi connectivity index (χ1) is 13.8. The van der Waals surface area contributed by atoms with Crippen LogP contribution in [0.1, 0.15) is 31.4 Å². The summed E-state index contributed by atoms with van der Waals surface area (Å²) in [4.78, 5) is 9.13. The van der Waals surface area contributed by atoms with Gasteiger partial charge in [0.15, 0.2) is 0 Å². The van der Waals surface area contributed by atoms with Gasteiger partial charge in [-0.15, -0.1) is 0 Å². The number of anilines is 1. The highest BCUT2D eigenvalue weighted by molar-refractivity contribution is 5.58. The normalized spacial score (nSPS) is 11.9. The summed E-state index contributed by atoms with van der Waals surface area (Å²) in [5.41, 5.74) is 4.37. The van der Waals surface area contributed by atoms with Crippen LogP contribution in [0.25, 0.3) is 17.1 Å². The predicted molar refractivity (Wildman–Crippen MR) is 115 cm³/mol.